The number of benzene rings is 1. The number of likely N-dealkylation sites (tertiary alicyclic amines) is 1. The number of rotatable bonds is 2. The molecule has 0 aliphatic carbocycles. The molecule has 5 nitrogen and oxygen atoms in total. The van der Waals surface area contributed by atoms with Crippen molar-refractivity contribution in [2.75, 3.05) is 25.9 Å². The third kappa shape index (κ3) is 2.98. The predicted molar refractivity (Wildman–Crippen MR) is 73.2 cm³/mol. The molecule has 0 spiro atoms. The minimum Gasteiger partial charge on any atom is -0.495 e. The van der Waals surface area contributed by atoms with E-state index in [2.05, 4.69) is 0 Å². The average Bonchev–Trinajstić information content (AvgIpc) is 2.37. The lowest BCUT2D eigenvalue weighted by atomic mass is 9.94. The van der Waals surface area contributed by atoms with Gasteiger partial charge in [0.25, 0.3) is 5.91 Å². The number of ether oxygens (including phenoxy) is 1. The highest BCUT2D eigenvalue weighted by atomic mass is 16.5. The number of piperidine rings is 1. The highest BCUT2D eigenvalue weighted by Gasteiger charge is 2.31. The molecule has 3 N–H and O–H groups in total. The summed E-state index contributed by atoms with van der Waals surface area (Å²) in [5.74, 6) is 0.396. The second-order valence-electron chi connectivity index (χ2n) is 5.28. The number of hydrogen-bond acceptors (Lipinski definition) is 4. The number of anilines is 1. The Bertz CT molecular complexity index is 486. The molecule has 0 saturated carbocycles. The van der Waals surface area contributed by atoms with Gasteiger partial charge in [-0.2, -0.15) is 0 Å². The molecule has 1 atom stereocenters. The molecular formula is C14H20N2O3. The van der Waals surface area contributed by atoms with Crippen LogP contribution in [0.4, 0.5) is 5.69 Å². The third-order valence-corrected chi connectivity index (χ3v) is 3.44. The summed E-state index contributed by atoms with van der Waals surface area (Å²) in [5.41, 5.74) is 5.97. The number of nitrogen functional groups attached to an aromatic ring is 1. The summed E-state index contributed by atoms with van der Waals surface area (Å²) >= 11 is 0. The maximum atomic E-state index is 12.4. The minimum absolute atomic E-state index is 0.0988. The van der Waals surface area contributed by atoms with Crippen LogP contribution in [0, 0.1) is 0 Å². The van der Waals surface area contributed by atoms with Crippen LogP contribution in [-0.2, 0) is 0 Å². The summed E-state index contributed by atoms with van der Waals surface area (Å²) in [7, 11) is 1.52. The van der Waals surface area contributed by atoms with Crippen molar-refractivity contribution >= 4 is 11.6 Å². The first kappa shape index (κ1) is 13.7. The zero-order chi connectivity index (χ0) is 14.0. The number of amides is 1. The van der Waals surface area contributed by atoms with Crippen LogP contribution in [0.15, 0.2) is 18.2 Å². The van der Waals surface area contributed by atoms with Gasteiger partial charge in [0.15, 0.2) is 0 Å². The summed E-state index contributed by atoms with van der Waals surface area (Å²) in [4.78, 5) is 14.1. The fraction of sp³-hybridized carbons (Fsp3) is 0.500. The van der Waals surface area contributed by atoms with Gasteiger partial charge in [0.2, 0.25) is 0 Å². The van der Waals surface area contributed by atoms with E-state index in [0.717, 1.165) is 12.8 Å². The maximum Gasteiger partial charge on any atom is 0.254 e. The number of carbonyl (C=O) groups excluding carboxylic acids is 1. The fourth-order valence-corrected chi connectivity index (χ4v) is 2.42. The van der Waals surface area contributed by atoms with Crippen molar-refractivity contribution in [3.63, 3.8) is 0 Å². The largest absolute Gasteiger partial charge is 0.495 e. The van der Waals surface area contributed by atoms with E-state index < -0.39 is 5.60 Å². The van der Waals surface area contributed by atoms with Crippen LogP contribution in [0.1, 0.15) is 30.1 Å². The highest BCUT2D eigenvalue weighted by Crippen LogP contribution is 2.25. The van der Waals surface area contributed by atoms with Crippen LogP contribution in [0.25, 0.3) is 0 Å². The first-order valence-corrected chi connectivity index (χ1v) is 6.38. The molecule has 1 unspecified atom stereocenters. The number of nitrogens with zero attached hydrogens (tertiary/aromatic N) is 1. The van der Waals surface area contributed by atoms with Crippen LogP contribution in [0.3, 0.4) is 0 Å². The molecule has 1 aromatic rings. The van der Waals surface area contributed by atoms with E-state index in [-0.39, 0.29) is 5.91 Å². The van der Waals surface area contributed by atoms with Crippen molar-refractivity contribution in [3.05, 3.63) is 23.8 Å². The Morgan fingerprint density at radius 2 is 2.26 bits per heavy atom. The van der Waals surface area contributed by atoms with Crippen molar-refractivity contribution in [1.82, 2.24) is 4.90 Å². The monoisotopic (exact) mass is 264 g/mol. The topological polar surface area (TPSA) is 75.8 Å². The van der Waals surface area contributed by atoms with Gasteiger partial charge in [0.1, 0.15) is 5.75 Å². The lowest BCUT2D eigenvalue weighted by Gasteiger charge is -2.36. The molecule has 1 heterocycles. The molecule has 104 valence electrons. The van der Waals surface area contributed by atoms with Gasteiger partial charge < -0.3 is 20.5 Å². The Kier molecular flexibility index (Phi) is 3.66. The fourth-order valence-electron chi connectivity index (χ4n) is 2.42. The Labute approximate surface area is 113 Å². The quantitative estimate of drug-likeness (QED) is 0.789. The van der Waals surface area contributed by atoms with Crippen molar-refractivity contribution in [2.45, 2.75) is 25.4 Å². The molecule has 1 aliphatic rings. The Hall–Kier alpha value is -1.75. The second kappa shape index (κ2) is 5.09. The van der Waals surface area contributed by atoms with E-state index >= 15 is 0 Å². The molecule has 0 bridgehead atoms. The predicted octanol–water partition coefficient (Wildman–Crippen LogP) is 1.26. The van der Waals surface area contributed by atoms with Gasteiger partial charge in [0, 0.05) is 18.7 Å². The molecule has 2 rings (SSSR count). The molecule has 1 amide bonds. The Balaban J connectivity index is 2.19. The van der Waals surface area contributed by atoms with E-state index in [4.69, 9.17) is 10.5 Å². The van der Waals surface area contributed by atoms with Gasteiger partial charge in [-0.3, -0.25) is 4.79 Å². The van der Waals surface area contributed by atoms with Crippen molar-refractivity contribution in [3.8, 4) is 5.75 Å². The minimum atomic E-state index is -0.800. The molecule has 1 fully saturated rings. The van der Waals surface area contributed by atoms with E-state index in [0.29, 0.717) is 30.1 Å². The zero-order valence-corrected chi connectivity index (χ0v) is 11.3. The number of aliphatic hydroxyl groups is 1. The maximum absolute atomic E-state index is 12.4. The molecule has 1 aliphatic heterocycles. The number of β-amino-alcohol motifs (C(OH)–C–C–N with tert-alkyl or cyclic N) is 1. The summed E-state index contributed by atoms with van der Waals surface area (Å²) in [6.45, 7) is 2.79. The summed E-state index contributed by atoms with van der Waals surface area (Å²) < 4.78 is 5.12. The number of hydrogen-bond donors (Lipinski definition) is 2. The third-order valence-electron chi connectivity index (χ3n) is 3.44. The Morgan fingerprint density at radius 3 is 2.89 bits per heavy atom. The van der Waals surface area contributed by atoms with Gasteiger partial charge in [-0.1, -0.05) is 0 Å². The lowest BCUT2D eigenvalue weighted by Crippen LogP contribution is -2.48. The highest BCUT2D eigenvalue weighted by molar-refractivity contribution is 5.95. The smallest absolute Gasteiger partial charge is 0.254 e. The van der Waals surface area contributed by atoms with Crippen LogP contribution in [0.5, 0.6) is 5.75 Å². The molecule has 1 saturated heterocycles. The van der Waals surface area contributed by atoms with Crippen LogP contribution >= 0.6 is 0 Å². The molecule has 0 aromatic heterocycles. The summed E-state index contributed by atoms with van der Waals surface area (Å²) in [6.07, 6.45) is 1.53. The summed E-state index contributed by atoms with van der Waals surface area (Å²) in [6, 6.07) is 4.98. The van der Waals surface area contributed by atoms with Crippen molar-refractivity contribution in [1.29, 1.82) is 0 Å². The average molecular weight is 264 g/mol. The lowest BCUT2D eigenvalue weighted by molar-refractivity contribution is -0.0107. The van der Waals surface area contributed by atoms with Gasteiger partial charge >= 0.3 is 0 Å². The zero-order valence-electron chi connectivity index (χ0n) is 11.3. The standard InChI is InChI=1S/C14H20N2O3/c1-14(18)6-3-7-16(9-14)13(17)10-4-5-11(15)12(8-10)19-2/h4-5,8,18H,3,6-7,9,15H2,1-2H3. The molecular weight excluding hydrogens is 244 g/mol. The molecule has 5 heteroatoms. The SMILES string of the molecule is COc1cc(C(=O)N2CCCC(C)(O)C2)ccc1N. The van der Waals surface area contributed by atoms with Gasteiger partial charge in [-0.15, -0.1) is 0 Å². The Morgan fingerprint density at radius 1 is 1.53 bits per heavy atom. The van der Waals surface area contributed by atoms with E-state index in [1.807, 2.05) is 0 Å². The molecule has 1 aromatic carbocycles. The van der Waals surface area contributed by atoms with E-state index in [1.165, 1.54) is 7.11 Å². The van der Waals surface area contributed by atoms with Crippen LogP contribution in [0.2, 0.25) is 0 Å². The van der Waals surface area contributed by atoms with E-state index in [9.17, 15) is 9.90 Å². The number of methoxy groups -OCH3 is 1. The van der Waals surface area contributed by atoms with Crippen molar-refractivity contribution < 1.29 is 14.6 Å². The van der Waals surface area contributed by atoms with Gasteiger partial charge in [0.05, 0.1) is 18.4 Å². The van der Waals surface area contributed by atoms with E-state index in [1.54, 1.807) is 30.0 Å². The number of carbonyl (C=O) groups is 1. The summed E-state index contributed by atoms with van der Waals surface area (Å²) in [5, 5.41) is 10.0. The van der Waals surface area contributed by atoms with Crippen LogP contribution < -0.4 is 10.5 Å². The normalized spacial score (nSPS) is 23.2. The second-order valence-corrected chi connectivity index (χ2v) is 5.28. The molecule has 19 heavy (non-hydrogen) atoms. The van der Waals surface area contributed by atoms with Gasteiger partial charge in [-0.25, -0.2) is 0 Å². The first-order chi connectivity index (χ1) is 8.93. The van der Waals surface area contributed by atoms with Crippen molar-refractivity contribution in [2.24, 2.45) is 0 Å². The van der Waals surface area contributed by atoms with Gasteiger partial charge in [-0.05, 0) is 38.0 Å². The molecule has 0 radical (unpaired) electrons. The van der Waals surface area contributed by atoms with Crippen LogP contribution in [-0.4, -0.2) is 41.7 Å². The number of nitrogens with two attached hydrogens (primary N) is 1. The first-order valence-electron chi connectivity index (χ1n) is 6.38.